The van der Waals surface area contributed by atoms with Gasteiger partial charge in [-0.1, -0.05) is 12.1 Å². The summed E-state index contributed by atoms with van der Waals surface area (Å²) in [7, 11) is 0. The van der Waals surface area contributed by atoms with Crippen molar-refractivity contribution in [2.24, 2.45) is 0 Å². The number of aliphatic hydroxyl groups is 2. The van der Waals surface area contributed by atoms with Crippen LogP contribution in [0.25, 0.3) is 22.5 Å². The summed E-state index contributed by atoms with van der Waals surface area (Å²) < 4.78 is 28.4. The lowest BCUT2D eigenvalue weighted by Gasteiger charge is -2.09. The van der Waals surface area contributed by atoms with Gasteiger partial charge in [0.25, 0.3) is 0 Å². The minimum atomic E-state index is -0.753. The van der Waals surface area contributed by atoms with Crippen molar-refractivity contribution in [3.63, 3.8) is 0 Å². The Morgan fingerprint density at radius 3 is 1.58 bits per heavy atom. The molecule has 4 nitrogen and oxygen atoms in total. The highest BCUT2D eigenvalue weighted by atomic mass is 19.1. The average Bonchev–Trinajstić information content (AvgIpc) is 2.62. The molecule has 122 valence electrons. The highest BCUT2D eigenvalue weighted by Gasteiger charge is 2.15. The first-order chi connectivity index (χ1) is 11.6. The molecule has 0 aliphatic rings. The maximum atomic E-state index is 14.2. The topological polar surface area (TPSA) is 66.2 Å². The quantitative estimate of drug-likeness (QED) is 0.772. The molecule has 3 rings (SSSR count). The van der Waals surface area contributed by atoms with Gasteiger partial charge in [0, 0.05) is 17.2 Å². The molecule has 1 aromatic carbocycles. The summed E-state index contributed by atoms with van der Waals surface area (Å²) in [6.07, 6.45) is 0. The predicted molar refractivity (Wildman–Crippen MR) is 84.7 cm³/mol. The van der Waals surface area contributed by atoms with Crippen LogP contribution in [0, 0.1) is 11.6 Å². The second-order valence-corrected chi connectivity index (χ2v) is 5.16. The molecule has 2 heterocycles. The Hall–Kier alpha value is -2.70. The van der Waals surface area contributed by atoms with E-state index in [-0.39, 0.29) is 24.3 Å². The van der Waals surface area contributed by atoms with Crippen molar-refractivity contribution in [1.82, 2.24) is 9.97 Å². The van der Waals surface area contributed by atoms with E-state index in [1.165, 1.54) is 6.07 Å². The third kappa shape index (κ3) is 3.15. The van der Waals surface area contributed by atoms with Crippen LogP contribution in [0.4, 0.5) is 8.78 Å². The number of pyridine rings is 2. The van der Waals surface area contributed by atoms with E-state index in [0.717, 1.165) is 6.07 Å². The van der Waals surface area contributed by atoms with Crippen LogP contribution in [0.1, 0.15) is 11.4 Å². The number of rotatable bonds is 4. The van der Waals surface area contributed by atoms with E-state index in [2.05, 4.69) is 9.97 Å². The SMILES string of the molecule is OCc1cccc(-c2cc(-c3cccc(CO)n3)c(F)cc2F)n1. The Morgan fingerprint density at radius 2 is 1.17 bits per heavy atom. The van der Waals surface area contributed by atoms with Crippen LogP contribution >= 0.6 is 0 Å². The van der Waals surface area contributed by atoms with Crippen molar-refractivity contribution in [3.8, 4) is 22.5 Å². The molecule has 0 radical (unpaired) electrons. The highest BCUT2D eigenvalue weighted by molar-refractivity contribution is 5.70. The molecular formula is C18H14F2N2O2. The van der Waals surface area contributed by atoms with Gasteiger partial charge in [-0.05, 0) is 30.3 Å². The number of nitrogens with zero attached hydrogens (tertiary/aromatic N) is 2. The minimum Gasteiger partial charge on any atom is -0.390 e. The Labute approximate surface area is 137 Å². The molecule has 0 saturated heterocycles. The largest absolute Gasteiger partial charge is 0.390 e. The first kappa shape index (κ1) is 16.2. The smallest absolute Gasteiger partial charge is 0.135 e. The number of hydrogen-bond donors (Lipinski definition) is 2. The molecule has 24 heavy (non-hydrogen) atoms. The van der Waals surface area contributed by atoms with E-state index in [1.54, 1.807) is 36.4 Å². The molecule has 0 unspecified atom stereocenters. The normalized spacial score (nSPS) is 10.8. The molecule has 0 spiro atoms. The molecule has 0 amide bonds. The van der Waals surface area contributed by atoms with Gasteiger partial charge >= 0.3 is 0 Å². The second kappa shape index (κ2) is 6.82. The third-order valence-corrected chi connectivity index (χ3v) is 3.55. The lowest BCUT2D eigenvalue weighted by atomic mass is 10.0. The number of halogens is 2. The zero-order valence-corrected chi connectivity index (χ0v) is 12.6. The van der Waals surface area contributed by atoms with Crippen molar-refractivity contribution >= 4 is 0 Å². The molecule has 0 aliphatic carbocycles. The fourth-order valence-corrected chi connectivity index (χ4v) is 2.38. The van der Waals surface area contributed by atoms with Gasteiger partial charge in [-0.3, -0.25) is 9.97 Å². The van der Waals surface area contributed by atoms with E-state index in [9.17, 15) is 8.78 Å². The molecule has 0 saturated carbocycles. The van der Waals surface area contributed by atoms with Gasteiger partial charge in [-0.15, -0.1) is 0 Å². The van der Waals surface area contributed by atoms with Crippen LogP contribution in [0.5, 0.6) is 0 Å². The molecule has 6 heteroatoms. The Morgan fingerprint density at radius 1 is 0.708 bits per heavy atom. The maximum absolute atomic E-state index is 14.2. The Kier molecular flexibility index (Phi) is 4.59. The van der Waals surface area contributed by atoms with Gasteiger partial charge in [-0.2, -0.15) is 0 Å². The molecular weight excluding hydrogens is 314 g/mol. The van der Waals surface area contributed by atoms with Gasteiger partial charge in [0.15, 0.2) is 0 Å². The predicted octanol–water partition coefficient (Wildman–Crippen LogP) is 3.07. The van der Waals surface area contributed by atoms with Crippen molar-refractivity contribution < 1.29 is 19.0 Å². The fraction of sp³-hybridized carbons (Fsp3) is 0.111. The van der Waals surface area contributed by atoms with Gasteiger partial charge in [0.05, 0.1) is 36.0 Å². The molecule has 2 aromatic heterocycles. The van der Waals surface area contributed by atoms with Crippen LogP contribution in [0.3, 0.4) is 0 Å². The van der Waals surface area contributed by atoms with Gasteiger partial charge in [0.2, 0.25) is 0 Å². The van der Waals surface area contributed by atoms with Crippen molar-refractivity contribution in [1.29, 1.82) is 0 Å². The van der Waals surface area contributed by atoms with Crippen LogP contribution in [-0.4, -0.2) is 20.2 Å². The van der Waals surface area contributed by atoms with Crippen molar-refractivity contribution in [3.05, 3.63) is 71.6 Å². The number of hydrogen-bond acceptors (Lipinski definition) is 4. The summed E-state index contributed by atoms with van der Waals surface area (Å²) in [6.45, 7) is -0.548. The molecule has 0 fully saturated rings. The highest BCUT2D eigenvalue weighted by Crippen LogP contribution is 2.30. The van der Waals surface area contributed by atoms with E-state index in [4.69, 9.17) is 10.2 Å². The molecule has 0 aliphatic heterocycles. The first-order valence-corrected chi connectivity index (χ1v) is 7.25. The molecule has 0 atom stereocenters. The summed E-state index contributed by atoms with van der Waals surface area (Å²) in [6, 6.07) is 11.8. The van der Waals surface area contributed by atoms with Crippen molar-refractivity contribution in [2.75, 3.05) is 0 Å². The summed E-state index contributed by atoms with van der Waals surface area (Å²) in [5.74, 6) is -1.51. The average molecular weight is 328 g/mol. The summed E-state index contributed by atoms with van der Waals surface area (Å²) in [5.41, 5.74) is 1.57. The summed E-state index contributed by atoms with van der Waals surface area (Å²) in [5, 5.41) is 18.3. The minimum absolute atomic E-state index is 0.109. The zero-order chi connectivity index (χ0) is 17.1. The number of aromatic nitrogens is 2. The first-order valence-electron chi connectivity index (χ1n) is 7.25. The fourth-order valence-electron chi connectivity index (χ4n) is 2.38. The lowest BCUT2D eigenvalue weighted by molar-refractivity contribution is 0.277. The van der Waals surface area contributed by atoms with Gasteiger partial charge in [-0.25, -0.2) is 8.78 Å². The summed E-state index contributed by atoms with van der Waals surface area (Å²) >= 11 is 0. The van der Waals surface area contributed by atoms with E-state index >= 15 is 0 Å². The van der Waals surface area contributed by atoms with Crippen LogP contribution in [-0.2, 0) is 13.2 Å². The van der Waals surface area contributed by atoms with Gasteiger partial charge in [0.1, 0.15) is 11.6 Å². The number of benzene rings is 1. The monoisotopic (exact) mass is 328 g/mol. The lowest BCUT2D eigenvalue weighted by Crippen LogP contribution is -1.98. The van der Waals surface area contributed by atoms with E-state index < -0.39 is 11.6 Å². The molecule has 0 bridgehead atoms. The zero-order valence-electron chi connectivity index (χ0n) is 12.6. The van der Waals surface area contributed by atoms with Gasteiger partial charge < -0.3 is 10.2 Å². The molecule has 3 aromatic rings. The standard InChI is InChI=1S/C18H14F2N2O2/c19-15-8-16(20)14(18-6-2-4-12(10-24)22-18)7-13(15)17-5-1-3-11(9-23)21-17/h1-8,23-24H,9-10H2. The summed E-state index contributed by atoms with van der Waals surface area (Å²) in [4.78, 5) is 8.30. The Balaban J connectivity index is 2.15. The maximum Gasteiger partial charge on any atom is 0.135 e. The second-order valence-electron chi connectivity index (χ2n) is 5.16. The third-order valence-electron chi connectivity index (χ3n) is 3.55. The Bertz CT molecular complexity index is 816. The molecule has 2 N–H and O–H groups in total. The van der Waals surface area contributed by atoms with Crippen molar-refractivity contribution in [2.45, 2.75) is 13.2 Å². The number of aliphatic hydroxyl groups excluding tert-OH is 2. The van der Waals surface area contributed by atoms with E-state index in [0.29, 0.717) is 22.8 Å². The van der Waals surface area contributed by atoms with Crippen LogP contribution in [0.2, 0.25) is 0 Å². The van der Waals surface area contributed by atoms with Crippen LogP contribution in [0.15, 0.2) is 48.5 Å². The van der Waals surface area contributed by atoms with Crippen LogP contribution < -0.4 is 0 Å². The van der Waals surface area contributed by atoms with E-state index in [1.807, 2.05) is 0 Å².